The lowest BCUT2D eigenvalue weighted by molar-refractivity contribution is -0.145. The van der Waals surface area contributed by atoms with Crippen LogP contribution in [0.15, 0.2) is 24.3 Å². The molecule has 2 saturated heterocycles. The Balaban J connectivity index is 1.83. The number of carbonyl (C=O) groups is 3. The van der Waals surface area contributed by atoms with Crippen LogP contribution >= 0.6 is 0 Å². The molecule has 2 aliphatic heterocycles. The molecule has 3 amide bonds. The van der Waals surface area contributed by atoms with Gasteiger partial charge < -0.3 is 24.6 Å². The van der Waals surface area contributed by atoms with Gasteiger partial charge in [-0.2, -0.15) is 0 Å². The molecular weight excluding hydrogens is 448 g/mol. The van der Waals surface area contributed by atoms with Crippen LogP contribution in [0, 0.1) is 5.41 Å². The minimum atomic E-state index is -0.928. The van der Waals surface area contributed by atoms with E-state index in [0.717, 1.165) is 0 Å². The summed E-state index contributed by atoms with van der Waals surface area (Å²) in [5.41, 5.74) is -0.589. The molecule has 194 valence electrons. The molecule has 0 aromatic heterocycles. The molecule has 1 aromatic rings. The van der Waals surface area contributed by atoms with Gasteiger partial charge in [0.15, 0.2) is 0 Å². The van der Waals surface area contributed by atoms with Crippen molar-refractivity contribution in [1.82, 2.24) is 20.0 Å². The van der Waals surface area contributed by atoms with Crippen LogP contribution in [0.2, 0.25) is 0 Å². The zero-order valence-corrected chi connectivity index (χ0v) is 21.9. The lowest BCUT2D eigenvalue weighted by Gasteiger charge is -2.45. The van der Waals surface area contributed by atoms with Gasteiger partial charge in [0.25, 0.3) is 5.91 Å². The number of hydrogen-bond donors (Lipinski definition) is 1. The van der Waals surface area contributed by atoms with Crippen molar-refractivity contribution in [2.75, 3.05) is 54.0 Å². The predicted octanol–water partition coefficient (Wildman–Crippen LogP) is 1.97. The summed E-state index contributed by atoms with van der Waals surface area (Å²) in [5.74, 6) is 0.170. The van der Waals surface area contributed by atoms with E-state index in [1.54, 1.807) is 36.3 Å². The van der Waals surface area contributed by atoms with Gasteiger partial charge in [0.2, 0.25) is 11.8 Å². The molecule has 0 aliphatic carbocycles. The minimum absolute atomic E-state index is 0.0970. The highest BCUT2D eigenvalue weighted by atomic mass is 16.5. The number of likely N-dealkylation sites (N-methyl/N-ethyl adjacent to an activating group) is 1. The SMILES string of the molecule is COc1cccc(C(=O)N2[C@H](C(=O)NCCN(C)C)COC23CCN(C(=O)CC(C)(C)C)CC3)c1. The van der Waals surface area contributed by atoms with E-state index in [4.69, 9.17) is 9.47 Å². The summed E-state index contributed by atoms with van der Waals surface area (Å²) in [4.78, 5) is 45.2. The van der Waals surface area contributed by atoms with E-state index in [0.29, 0.717) is 56.8 Å². The standard InChI is InChI=1S/C26H40N4O5/c1-25(2,3)17-22(31)29-13-10-26(11-14-29)30(24(33)19-8-7-9-20(16-19)34-6)21(18-35-26)23(32)27-12-15-28(4)5/h7-9,16,21H,10-15,17-18H2,1-6H3,(H,27,32)/t21-/m0/s1. The maximum absolute atomic E-state index is 13.8. The minimum Gasteiger partial charge on any atom is -0.497 e. The van der Waals surface area contributed by atoms with Gasteiger partial charge in [-0.3, -0.25) is 19.3 Å². The second-order valence-electron chi connectivity index (χ2n) is 10.9. The number of ether oxygens (including phenoxy) is 2. The Hall–Kier alpha value is -2.65. The van der Waals surface area contributed by atoms with Crippen molar-refractivity contribution in [3.05, 3.63) is 29.8 Å². The van der Waals surface area contributed by atoms with Gasteiger partial charge in [0.05, 0.1) is 13.7 Å². The van der Waals surface area contributed by atoms with E-state index in [-0.39, 0.29) is 29.7 Å². The summed E-state index contributed by atoms with van der Waals surface area (Å²) in [6, 6.07) is 6.19. The molecule has 35 heavy (non-hydrogen) atoms. The quantitative estimate of drug-likeness (QED) is 0.631. The molecule has 2 fully saturated rings. The van der Waals surface area contributed by atoms with Crippen molar-refractivity contribution < 1.29 is 23.9 Å². The topological polar surface area (TPSA) is 91.4 Å². The molecule has 1 N–H and O–H groups in total. The van der Waals surface area contributed by atoms with Gasteiger partial charge in [0, 0.05) is 51.0 Å². The zero-order chi connectivity index (χ0) is 25.8. The Morgan fingerprint density at radius 2 is 1.89 bits per heavy atom. The fraction of sp³-hybridized carbons (Fsp3) is 0.654. The third kappa shape index (κ3) is 6.52. The highest BCUT2D eigenvalue weighted by molar-refractivity contribution is 5.98. The Morgan fingerprint density at radius 1 is 1.20 bits per heavy atom. The highest BCUT2D eigenvalue weighted by Gasteiger charge is 2.54. The normalized spacial score (nSPS) is 19.8. The summed E-state index contributed by atoms with van der Waals surface area (Å²) in [5, 5.41) is 2.95. The monoisotopic (exact) mass is 488 g/mol. The molecule has 1 spiro atoms. The van der Waals surface area contributed by atoms with Crippen molar-refractivity contribution >= 4 is 17.7 Å². The number of benzene rings is 1. The van der Waals surface area contributed by atoms with Crippen LogP contribution in [-0.2, 0) is 14.3 Å². The molecule has 9 heteroatoms. The third-order valence-corrected chi connectivity index (χ3v) is 6.54. The molecule has 9 nitrogen and oxygen atoms in total. The number of likely N-dealkylation sites (tertiary alicyclic amines) is 1. The smallest absolute Gasteiger partial charge is 0.257 e. The molecule has 0 unspecified atom stereocenters. The molecule has 0 saturated carbocycles. The first-order chi connectivity index (χ1) is 16.5. The van der Waals surface area contributed by atoms with Gasteiger partial charge in [-0.05, 0) is 37.7 Å². The van der Waals surface area contributed by atoms with Crippen LogP contribution < -0.4 is 10.1 Å². The lowest BCUT2D eigenvalue weighted by Crippen LogP contribution is -2.60. The average Bonchev–Trinajstić information content (AvgIpc) is 3.16. The number of nitrogens with one attached hydrogen (secondary N) is 1. The summed E-state index contributed by atoms with van der Waals surface area (Å²) in [6.45, 7) is 8.39. The summed E-state index contributed by atoms with van der Waals surface area (Å²) in [6.07, 6.45) is 1.38. The van der Waals surface area contributed by atoms with Crippen LogP contribution in [-0.4, -0.2) is 98.2 Å². The number of piperidine rings is 1. The molecule has 2 aliphatic rings. The first-order valence-corrected chi connectivity index (χ1v) is 12.3. The largest absolute Gasteiger partial charge is 0.497 e. The van der Waals surface area contributed by atoms with Crippen molar-refractivity contribution in [2.45, 2.75) is 51.8 Å². The molecule has 0 bridgehead atoms. The Morgan fingerprint density at radius 3 is 2.49 bits per heavy atom. The number of carbonyl (C=O) groups excluding carboxylic acids is 3. The number of amides is 3. The van der Waals surface area contributed by atoms with Gasteiger partial charge in [-0.25, -0.2) is 0 Å². The van der Waals surface area contributed by atoms with Gasteiger partial charge in [-0.15, -0.1) is 0 Å². The summed E-state index contributed by atoms with van der Waals surface area (Å²) in [7, 11) is 5.43. The molecule has 1 aromatic carbocycles. The van der Waals surface area contributed by atoms with Gasteiger partial charge in [-0.1, -0.05) is 26.8 Å². The Bertz CT molecular complexity index is 919. The second-order valence-corrected chi connectivity index (χ2v) is 10.9. The van der Waals surface area contributed by atoms with Crippen LogP contribution in [0.5, 0.6) is 5.75 Å². The lowest BCUT2D eigenvalue weighted by atomic mass is 9.90. The highest BCUT2D eigenvalue weighted by Crippen LogP contribution is 2.39. The average molecular weight is 489 g/mol. The Kier molecular flexibility index (Phi) is 8.43. The Labute approximate surface area is 208 Å². The van der Waals surface area contributed by atoms with Crippen LogP contribution in [0.4, 0.5) is 0 Å². The maximum Gasteiger partial charge on any atom is 0.257 e. The van der Waals surface area contributed by atoms with Crippen LogP contribution in [0.3, 0.4) is 0 Å². The molecule has 2 heterocycles. The summed E-state index contributed by atoms with van der Waals surface area (Å²) >= 11 is 0. The molecular formula is C26H40N4O5. The van der Waals surface area contributed by atoms with Gasteiger partial charge in [0.1, 0.15) is 17.5 Å². The molecule has 0 radical (unpaired) electrons. The first-order valence-electron chi connectivity index (χ1n) is 12.3. The summed E-state index contributed by atoms with van der Waals surface area (Å²) < 4.78 is 11.6. The number of rotatable bonds is 7. The van der Waals surface area contributed by atoms with E-state index in [1.165, 1.54) is 0 Å². The molecule has 3 rings (SSSR count). The van der Waals surface area contributed by atoms with Crippen LogP contribution in [0.1, 0.15) is 50.4 Å². The number of hydrogen-bond acceptors (Lipinski definition) is 6. The maximum atomic E-state index is 13.8. The van der Waals surface area contributed by atoms with Crippen molar-refractivity contribution in [3.8, 4) is 5.75 Å². The van der Waals surface area contributed by atoms with E-state index in [2.05, 4.69) is 5.32 Å². The van der Waals surface area contributed by atoms with Crippen LogP contribution in [0.25, 0.3) is 0 Å². The fourth-order valence-corrected chi connectivity index (χ4v) is 4.65. The van der Waals surface area contributed by atoms with E-state index in [1.807, 2.05) is 44.7 Å². The number of nitrogens with zero attached hydrogens (tertiary/aromatic N) is 3. The fourth-order valence-electron chi connectivity index (χ4n) is 4.65. The number of methoxy groups -OCH3 is 1. The van der Waals surface area contributed by atoms with Gasteiger partial charge >= 0.3 is 0 Å². The molecule has 1 atom stereocenters. The van der Waals surface area contributed by atoms with E-state index in [9.17, 15) is 14.4 Å². The second kappa shape index (κ2) is 11.0. The zero-order valence-electron chi connectivity index (χ0n) is 21.9. The van der Waals surface area contributed by atoms with E-state index >= 15 is 0 Å². The first kappa shape index (κ1) is 26.9. The third-order valence-electron chi connectivity index (χ3n) is 6.54. The predicted molar refractivity (Wildman–Crippen MR) is 133 cm³/mol. The van der Waals surface area contributed by atoms with Crippen molar-refractivity contribution in [1.29, 1.82) is 0 Å². The van der Waals surface area contributed by atoms with Crippen molar-refractivity contribution in [3.63, 3.8) is 0 Å². The van der Waals surface area contributed by atoms with E-state index < -0.39 is 11.8 Å². The van der Waals surface area contributed by atoms with Crippen molar-refractivity contribution in [2.24, 2.45) is 5.41 Å².